The predicted molar refractivity (Wildman–Crippen MR) is 68.2 cm³/mol. The maximum Gasteiger partial charge on any atom is 0.224 e. The van der Waals surface area contributed by atoms with Crippen molar-refractivity contribution in [2.24, 2.45) is 0 Å². The van der Waals surface area contributed by atoms with E-state index in [0.29, 0.717) is 18.5 Å². The third-order valence-corrected chi connectivity index (χ3v) is 2.59. The number of rotatable bonds is 4. The van der Waals surface area contributed by atoms with Gasteiger partial charge in [0.1, 0.15) is 6.33 Å². The van der Waals surface area contributed by atoms with Gasteiger partial charge in [0.2, 0.25) is 5.91 Å². The zero-order chi connectivity index (χ0) is 12.8. The average Bonchev–Trinajstić information content (AvgIpc) is 2.40. The number of carbonyl (C=O) groups excluding carboxylic acids is 1. The minimum atomic E-state index is -0.117. The molecule has 2 heterocycles. The molecule has 0 atom stereocenters. The number of nitrogens with one attached hydrogen (secondary N) is 1. The van der Waals surface area contributed by atoms with Crippen molar-refractivity contribution in [1.29, 1.82) is 0 Å². The maximum absolute atomic E-state index is 11.7. The van der Waals surface area contributed by atoms with Crippen LogP contribution in [0.15, 0.2) is 37.1 Å². The van der Waals surface area contributed by atoms with Gasteiger partial charge in [-0.05, 0) is 24.1 Å². The van der Waals surface area contributed by atoms with Crippen LogP contribution in [0.4, 0.5) is 5.69 Å². The van der Waals surface area contributed by atoms with E-state index in [9.17, 15) is 4.79 Å². The van der Waals surface area contributed by atoms with Crippen LogP contribution in [0.25, 0.3) is 0 Å². The van der Waals surface area contributed by atoms with E-state index in [4.69, 9.17) is 11.6 Å². The minimum Gasteiger partial charge on any atom is -0.323 e. The minimum absolute atomic E-state index is 0.117. The molecule has 0 aliphatic carbocycles. The van der Waals surface area contributed by atoms with Crippen molar-refractivity contribution >= 4 is 23.2 Å². The molecular weight excluding hydrogens is 252 g/mol. The monoisotopic (exact) mass is 262 g/mol. The van der Waals surface area contributed by atoms with Crippen molar-refractivity contribution in [3.63, 3.8) is 0 Å². The summed E-state index contributed by atoms with van der Waals surface area (Å²) in [6.45, 7) is 0. The lowest BCUT2D eigenvalue weighted by atomic mass is 10.2. The molecule has 0 saturated heterocycles. The van der Waals surface area contributed by atoms with Crippen LogP contribution in [-0.4, -0.2) is 20.9 Å². The normalized spacial score (nSPS) is 10.1. The van der Waals surface area contributed by atoms with Crippen LogP contribution in [0.5, 0.6) is 0 Å². The number of hydrogen-bond donors (Lipinski definition) is 1. The summed E-state index contributed by atoms with van der Waals surface area (Å²) < 4.78 is 0. The summed E-state index contributed by atoms with van der Waals surface area (Å²) in [5.74, 6) is -0.117. The molecule has 2 aromatic rings. The Labute approximate surface area is 109 Å². The van der Waals surface area contributed by atoms with Gasteiger partial charge in [0.25, 0.3) is 0 Å². The van der Waals surface area contributed by atoms with Crippen LogP contribution in [0.3, 0.4) is 0 Å². The Morgan fingerprint density at radius 1 is 1.33 bits per heavy atom. The van der Waals surface area contributed by atoms with E-state index in [1.165, 1.54) is 6.33 Å². The predicted octanol–water partition coefficient (Wildman–Crippen LogP) is 2.10. The van der Waals surface area contributed by atoms with Crippen LogP contribution < -0.4 is 5.32 Å². The number of halogens is 1. The highest BCUT2D eigenvalue weighted by atomic mass is 35.5. The molecule has 2 aromatic heterocycles. The first kappa shape index (κ1) is 12.4. The van der Waals surface area contributed by atoms with Crippen LogP contribution in [0.2, 0.25) is 5.15 Å². The second kappa shape index (κ2) is 6.07. The van der Waals surface area contributed by atoms with Crippen LogP contribution >= 0.6 is 11.6 Å². The molecular formula is C12H11ClN4O. The highest BCUT2D eigenvalue weighted by molar-refractivity contribution is 6.32. The molecule has 1 N–H and O–H groups in total. The Hall–Kier alpha value is -2.01. The van der Waals surface area contributed by atoms with Crippen molar-refractivity contribution in [2.45, 2.75) is 12.8 Å². The number of anilines is 1. The molecule has 5 nitrogen and oxygen atoms in total. The zero-order valence-electron chi connectivity index (χ0n) is 9.51. The Morgan fingerprint density at radius 2 is 2.11 bits per heavy atom. The van der Waals surface area contributed by atoms with Gasteiger partial charge in [-0.15, -0.1) is 0 Å². The van der Waals surface area contributed by atoms with E-state index in [0.717, 1.165) is 5.56 Å². The number of pyridine rings is 1. The second-order valence-electron chi connectivity index (χ2n) is 3.64. The first-order valence-corrected chi connectivity index (χ1v) is 5.78. The molecule has 0 fully saturated rings. The topological polar surface area (TPSA) is 67.8 Å². The Kier molecular flexibility index (Phi) is 4.20. The van der Waals surface area contributed by atoms with Gasteiger partial charge in [-0.25, -0.2) is 15.0 Å². The standard InChI is InChI=1S/C12H11ClN4O/c13-12-10(2-1-5-16-12)17-11(18)4-3-9-6-14-8-15-7-9/h1-2,5-8H,3-4H2,(H,17,18). The lowest BCUT2D eigenvalue weighted by Gasteiger charge is -2.05. The number of nitrogens with zero attached hydrogens (tertiary/aromatic N) is 3. The van der Waals surface area contributed by atoms with Gasteiger partial charge in [0.15, 0.2) is 5.15 Å². The fraction of sp³-hybridized carbons (Fsp3) is 0.167. The van der Waals surface area contributed by atoms with Crippen LogP contribution in [0, 0.1) is 0 Å². The molecule has 2 rings (SSSR count). The van der Waals surface area contributed by atoms with Crippen LogP contribution in [0.1, 0.15) is 12.0 Å². The van der Waals surface area contributed by atoms with Crippen molar-refractivity contribution in [3.8, 4) is 0 Å². The number of carbonyl (C=O) groups is 1. The van der Waals surface area contributed by atoms with E-state index >= 15 is 0 Å². The number of aryl methyl sites for hydroxylation is 1. The largest absolute Gasteiger partial charge is 0.323 e. The SMILES string of the molecule is O=C(CCc1cncnc1)Nc1cccnc1Cl. The molecule has 0 saturated carbocycles. The molecule has 0 spiro atoms. The molecule has 0 bridgehead atoms. The van der Waals surface area contributed by atoms with Gasteiger partial charge in [0, 0.05) is 25.0 Å². The Morgan fingerprint density at radius 3 is 2.83 bits per heavy atom. The maximum atomic E-state index is 11.7. The summed E-state index contributed by atoms with van der Waals surface area (Å²) in [7, 11) is 0. The average molecular weight is 263 g/mol. The first-order chi connectivity index (χ1) is 8.75. The van der Waals surface area contributed by atoms with Gasteiger partial charge < -0.3 is 5.32 Å². The zero-order valence-corrected chi connectivity index (χ0v) is 10.3. The van der Waals surface area contributed by atoms with Gasteiger partial charge in [-0.2, -0.15) is 0 Å². The molecule has 0 aliphatic heterocycles. The Balaban J connectivity index is 1.88. The third-order valence-electron chi connectivity index (χ3n) is 2.29. The molecule has 18 heavy (non-hydrogen) atoms. The highest BCUT2D eigenvalue weighted by Crippen LogP contribution is 2.17. The lowest BCUT2D eigenvalue weighted by molar-refractivity contribution is -0.116. The van der Waals surface area contributed by atoms with Crippen molar-refractivity contribution < 1.29 is 4.79 Å². The third kappa shape index (κ3) is 3.49. The molecule has 0 aliphatic rings. The van der Waals surface area contributed by atoms with Gasteiger partial charge in [0.05, 0.1) is 5.69 Å². The highest BCUT2D eigenvalue weighted by Gasteiger charge is 2.06. The smallest absolute Gasteiger partial charge is 0.224 e. The summed E-state index contributed by atoms with van der Waals surface area (Å²) in [5, 5.41) is 2.99. The molecule has 92 valence electrons. The summed E-state index contributed by atoms with van der Waals surface area (Å²) in [4.78, 5) is 23.4. The van der Waals surface area contributed by atoms with E-state index in [1.807, 2.05) is 0 Å². The van der Waals surface area contributed by atoms with E-state index in [1.54, 1.807) is 30.7 Å². The van der Waals surface area contributed by atoms with Crippen LogP contribution in [-0.2, 0) is 11.2 Å². The van der Waals surface area contributed by atoms with E-state index in [2.05, 4.69) is 20.3 Å². The van der Waals surface area contributed by atoms with Gasteiger partial charge in [-0.1, -0.05) is 11.6 Å². The quantitative estimate of drug-likeness (QED) is 0.857. The molecule has 1 amide bonds. The van der Waals surface area contributed by atoms with Gasteiger partial charge in [-0.3, -0.25) is 4.79 Å². The fourth-order valence-electron chi connectivity index (χ4n) is 1.41. The van der Waals surface area contributed by atoms with Crippen molar-refractivity contribution in [1.82, 2.24) is 15.0 Å². The molecule has 0 radical (unpaired) electrons. The van der Waals surface area contributed by atoms with E-state index < -0.39 is 0 Å². The van der Waals surface area contributed by atoms with E-state index in [-0.39, 0.29) is 11.1 Å². The summed E-state index contributed by atoms with van der Waals surface area (Å²) in [5.41, 5.74) is 1.44. The lowest BCUT2D eigenvalue weighted by Crippen LogP contribution is -2.13. The first-order valence-electron chi connectivity index (χ1n) is 5.40. The summed E-state index contributed by atoms with van der Waals surface area (Å²) in [6.07, 6.45) is 7.34. The van der Waals surface area contributed by atoms with Gasteiger partial charge >= 0.3 is 0 Å². The second-order valence-corrected chi connectivity index (χ2v) is 3.99. The number of amides is 1. The van der Waals surface area contributed by atoms with Crippen molar-refractivity contribution in [3.05, 3.63) is 47.8 Å². The molecule has 0 unspecified atom stereocenters. The number of aromatic nitrogens is 3. The molecule has 6 heteroatoms. The summed E-state index contributed by atoms with van der Waals surface area (Å²) >= 11 is 5.84. The number of hydrogen-bond acceptors (Lipinski definition) is 4. The molecule has 0 aromatic carbocycles. The summed E-state index contributed by atoms with van der Waals surface area (Å²) in [6, 6.07) is 3.42. The Bertz CT molecular complexity index is 533. The van der Waals surface area contributed by atoms with Crippen molar-refractivity contribution in [2.75, 3.05) is 5.32 Å². The fourth-order valence-corrected chi connectivity index (χ4v) is 1.58.